The summed E-state index contributed by atoms with van der Waals surface area (Å²) in [5, 5.41) is 4.78. The Bertz CT molecular complexity index is 1050. The summed E-state index contributed by atoms with van der Waals surface area (Å²) >= 11 is 0. The van der Waals surface area contributed by atoms with E-state index in [-0.39, 0.29) is 26.2 Å². The molecule has 0 aliphatic carbocycles. The van der Waals surface area contributed by atoms with E-state index in [1.165, 1.54) is 0 Å². The maximum absolute atomic E-state index is 14.0. The van der Waals surface area contributed by atoms with Gasteiger partial charge < -0.3 is 15.4 Å². The Labute approximate surface area is 178 Å². The molecule has 1 aliphatic heterocycles. The molecular weight excluding hydrogens is 432 g/mol. The van der Waals surface area contributed by atoms with Crippen molar-refractivity contribution in [3.63, 3.8) is 0 Å². The topological polar surface area (TPSA) is 105 Å². The van der Waals surface area contributed by atoms with Gasteiger partial charge in [0.1, 0.15) is 22.8 Å². The third-order valence-electron chi connectivity index (χ3n) is 4.61. The molecular formula is C20H21F2N3O5S. The first kappa shape index (κ1) is 22.8. The third-order valence-corrected chi connectivity index (χ3v) is 6.51. The number of carbonyl (C=O) groups excluding carboxylic acids is 2. The molecule has 8 nitrogen and oxygen atoms in total. The molecule has 2 aromatic carbocycles. The summed E-state index contributed by atoms with van der Waals surface area (Å²) in [6.07, 6.45) is -0.620. The number of halogens is 2. The van der Waals surface area contributed by atoms with Crippen molar-refractivity contribution in [2.45, 2.75) is 17.5 Å². The van der Waals surface area contributed by atoms with Crippen molar-refractivity contribution in [2.75, 3.05) is 26.2 Å². The number of nitrogens with zero attached hydrogens (tertiary/aromatic N) is 1. The van der Waals surface area contributed by atoms with E-state index in [9.17, 15) is 26.8 Å². The molecule has 0 unspecified atom stereocenters. The highest BCUT2D eigenvalue weighted by molar-refractivity contribution is 7.89. The van der Waals surface area contributed by atoms with Gasteiger partial charge in [-0.2, -0.15) is 4.31 Å². The Morgan fingerprint density at radius 3 is 2.52 bits per heavy atom. The Morgan fingerprint density at radius 2 is 1.77 bits per heavy atom. The molecule has 1 atom stereocenters. The lowest BCUT2D eigenvalue weighted by Gasteiger charge is -2.23. The number of rotatable bonds is 7. The molecule has 0 saturated carbocycles. The Kier molecular flexibility index (Phi) is 7.31. The molecule has 0 radical (unpaired) electrons. The fourth-order valence-corrected chi connectivity index (χ4v) is 4.64. The van der Waals surface area contributed by atoms with Gasteiger partial charge >= 0.3 is 11.8 Å². The van der Waals surface area contributed by atoms with E-state index in [0.717, 1.165) is 22.0 Å². The van der Waals surface area contributed by atoms with Crippen molar-refractivity contribution < 1.29 is 31.5 Å². The van der Waals surface area contributed by atoms with E-state index in [4.69, 9.17) is 4.74 Å². The highest BCUT2D eigenvalue weighted by atomic mass is 32.2. The Balaban J connectivity index is 1.55. The van der Waals surface area contributed by atoms with Gasteiger partial charge in [0.15, 0.2) is 0 Å². The van der Waals surface area contributed by atoms with E-state index in [1.54, 1.807) is 0 Å². The number of hydrogen-bond acceptors (Lipinski definition) is 5. The maximum Gasteiger partial charge on any atom is 0.309 e. The van der Waals surface area contributed by atoms with E-state index in [2.05, 4.69) is 10.6 Å². The fourth-order valence-electron chi connectivity index (χ4n) is 3.05. The van der Waals surface area contributed by atoms with Crippen LogP contribution in [0.3, 0.4) is 0 Å². The molecule has 1 aliphatic rings. The van der Waals surface area contributed by atoms with Gasteiger partial charge in [-0.05, 0) is 30.2 Å². The summed E-state index contributed by atoms with van der Waals surface area (Å²) in [6, 6.07) is 11.5. The van der Waals surface area contributed by atoms with Gasteiger partial charge in [-0.1, -0.05) is 30.3 Å². The molecule has 166 valence electrons. The van der Waals surface area contributed by atoms with Crippen molar-refractivity contribution in [1.29, 1.82) is 0 Å². The second-order valence-corrected chi connectivity index (χ2v) is 8.58. The van der Waals surface area contributed by atoms with E-state index in [1.807, 2.05) is 30.3 Å². The molecule has 2 amide bonds. The molecule has 0 aromatic heterocycles. The molecule has 2 N–H and O–H groups in total. The minimum Gasteiger partial charge on any atom is -0.359 e. The van der Waals surface area contributed by atoms with Crippen LogP contribution in [0.5, 0.6) is 0 Å². The predicted octanol–water partition coefficient (Wildman–Crippen LogP) is 0.787. The number of nitrogens with one attached hydrogen (secondary N) is 2. The zero-order chi connectivity index (χ0) is 22.4. The summed E-state index contributed by atoms with van der Waals surface area (Å²) in [7, 11) is -4.41. The number of carbonyl (C=O) groups is 2. The van der Waals surface area contributed by atoms with E-state index in [0.29, 0.717) is 12.5 Å². The van der Waals surface area contributed by atoms with Gasteiger partial charge in [0.25, 0.3) is 0 Å². The SMILES string of the molecule is O=C(NCCc1ccccc1)C(=O)NC[C@H]1OCCN1S(=O)(=O)c1cc(F)ccc1F. The summed E-state index contributed by atoms with van der Waals surface area (Å²) in [5.74, 6) is -3.84. The average Bonchev–Trinajstić information content (AvgIpc) is 3.24. The van der Waals surface area contributed by atoms with Crippen molar-refractivity contribution in [1.82, 2.24) is 14.9 Å². The van der Waals surface area contributed by atoms with Crippen LogP contribution in [0, 0.1) is 11.6 Å². The number of hydrogen-bond donors (Lipinski definition) is 2. The molecule has 31 heavy (non-hydrogen) atoms. The molecule has 3 rings (SSSR count). The van der Waals surface area contributed by atoms with Crippen LogP contribution in [0.4, 0.5) is 8.78 Å². The summed E-state index contributed by atoms with van der Waals surface area (Å²) in [6.45, 7) is -0.196. The molecule has 11 heteroatoms. The largest absolute Gasteiger partial charge is 0.359 e. The molecule has 1 fully saturated rings. The Hall–Kier alpha value is -2.89. The fraction of sp³-hybridized carbons (Fsp3) is 0.300. The highest BCUT2D eigenvalue weighted by Gasteiger charge is 2.38. The van der Waals surface area contributed by atoms with Gasteiger partial charge in [0.05, 0.1) is 13.2 Å². The summed E-state index contributed by atoms with van der Waals surface area (Å²) in [5.41, 5.74) is 0.994. The molecule has 0 bridgehead atoms. The van der Waals surface area contributed by atoms with Crippen LogP contribution in [0.1, 0.15) is 5.56 Å². The van der Waals surface area contributed by atoms with Crippen LogP contribution in [-0.4, -0.2) is 57.0 Å². The maximum atomic E-state index is 14.0. The molecule has 1 saturated heterocycles. The summed E-state index contributed by atoms with van der Waals surface area (Å²) in [4.78, 5) is 23.1. The van der Waals surface area contributed by atoms with Crippen LogP contribution in [0.2, 0.25) is 0 Å². The van der Waals surface area contributed by atoms with Gasteiger partial charge in [-0.25, -0.2) is 17.2 Å². The predicted molar refractivity (Wildman–Crippen MR) is 106 cm³/mol. The lowest BCUT2D eigenvalue weighted by atomic mass is 10.1. The van der Waals surface area contributed by atoms with Crippen LogP contribution < -0.4 is 10.6 Å². The second-order valence-electron chi connectivity index (χ2n) is 6.72. The van der Waals surface area contributed by atoms with Crippen molar-refractivity contribution in [3.05, 3.63) is 65.7 Å². The number of ether oxygens (including phenoxy) is 1. The molecule has 2 aromatic rings. The van der Waals surface area contributed by atoms with Gasteiger partial charge in [0.2, 0.25) is 10.0 Å². The minimum absolute atomic E-state index is 0.0000258. The number of benzene rings is 2. The van der Waals surface area contributed by atoms with Crippen molar-refractivity contribution in [2.24, 2.45) is 0 Å². The first-order valence-corrected chi connectivity index (χ1v) is 10.9. The number of amides is 2. The minimum atomic E-state index is -4.41. The van der Waals surface area contributed by atoms with Crippen LogP contribution in [-0.2, 0) is 30.8 Å². The lowest BCUT2D eigenvalue weighted by Crippen LogP contribution is -2.47. The normalized spacial score (nSPS) is 16.8. The zero-order valence-electron chi connectivity index (χ0n) is 16.4. The lowest BCUT2D eigenvalue weighted by molar-refractivity contribution is -0.139. The van der Waals surface area contributed by atoms with Crippen molar-refractivity contribution in [3.8, 4) is 0 Å². The van der Waals surface area contributed by atoms with Crippen molar-refractivity contribution >= 4 is 21.8 Å². The molecule has 1 heterocycles. The van der Waals surface area contributed by atoms with Crippen LogP contribution in [0.15, 0.2) is 53.4 Å². The number of sulfonamides is 1. The van der Waals surface area contributed by atoms with Gasteiger partial charge in [0, 0.05) is 13.1 Å². The average molecular weight is 453 g/mol. The van der Waals surface area contributed by atoms with Gasteiger partial charge in [-0.15, -0.1) is 0 Å². The first-order chi connectivity index (χ1) is 14.8. The standard InChI is InChI=1S/C20H21F2N3O5S/c21-15-6-7-16(22)17(12-15)31(28,29)25-10-11-30-18(25)13-24-20(27)19(26)23-9-8-14-4-2-1-3-5-14/h1-7,12,18H,8-11,13H2,(H,23,26)(H,24,27)/t18-/m1/s1. The second kappa shape index (κ2) is 9.94. The van der Waals surface area contributed by atoms with E-state index >= 15 is 0 Å². The Morgan fingerprint density at radius 1 is 1.06 bits per heavy atom. The molecule has 0 spiro atoms. The van der Waals surface area contributed by atoms with Crippen LogP contribution in [0.25, 0.3) is 0 Å². The van der Waals surface area contributed by atoms with E-state index < -0.39 is 44.6 Å². The summed E-state index contributed by atoms with van der Waals surface area (Å²) < 4.78 is 59.0. The highest BCUT2D eigenvalue weighted by Crippen LogP contribution is 2.24. The first-order valence-electron chi connectivity index (χ1n) is 9.47. The zero-order valence-corrected chi connectivity index (χ0v) is 17.2. The quantitative estimate of drug-likeness (QED) is 0.603. The van der Waals surface area contributed by atoms with Crippen LogP contribution >= 0.6 is 0 Å². The smallest absolute Gasteiger partial charge is 0.309 e. The van der Waals surface area contributed by atoms with Gasteiger partial charge in [-0.3, -0.25) is 9.59 Å². The monoisotopic (exact) mass is 453 g/mol. The third kappa shape index (κ3) is 5.63.